The van der Waals surface area contributed by atoms with Crippen LogP contribution < -0.4 is 0 Å². The van der Waals surface area contributed by atoms with E-state index in [9.17, 15) is 19.3 Å². The number of fused-ring (bicyclic) bond motifs is 1. The summed E-state index contributed by atoms with van der Waals surface area (Å²) in [6.45, 7) is 4.95. The van der Waals surface area contributed by atoms with Gasteiger partial charge in [-0.25, -0.2) is 0 Å². The highest BCUT2D eigenvalue weighted by atomic mass is 19.1. The summed E-state index contributed by atoms with van der Waals surface area (Å²) >= 11 is 0. The van der Waals surface area contributed by atoms with Crippen LogP contribution in [0.25, 0.3) is 10.9 Å². The fourth-order valence-corrected chi connectivity index (χ4v) is 1.81. The lowest BCUT2D eigenvalue weighted by molar-refractivity contribution is -0.387. The molecule has 0 aliphatic rings. The minimum Gasteiger partial charge on any atom is -0.357 e. The Morgan fingerprint density at radius 2 is 2.00 bits per heavy atom. The molecule has 19 heavy (non-hydrogen) atoms. The third-order valence-electron chi connectivity index (χ3n) is 3.44. The zero-order valence-corrected chi connectivity index (χ0v) is 10.8. The molecule has 0 saturated heterocycles. The van der Waals surface area contributed by atoms with E-state index in [4.69, 9.17) is 0 Å². The van der Waals surface area contributed by atoms with Crippen LogP contribution in [-0.2, 0) is 10.2 Å². The molecule has 2 aromatic rings. The van der Waals surface area contributed by atoms with E-state index >= 15 is 0 Å². The van der Waals surface area contributed by atoms with Crippen molar-refractivity contribution < 1.29 is 14.1 Å². The van der Waals surface area contributed by atoms with Crippen molar-refractivity contribution in [3.05, 3.63) is 39.8 Å². The maximum Gasteiger partial charge on any atom is 0.305 e. The number of aromatic amines is 1. The van der Waals surface area contributed by atoms with E-state index in [1.54, 1.807) is 19.9 Å². The molecule has 6 heteroatoms. The normalized spacial score (nSPS) is 11.8. The number of nitro groups is 1. The van der Waals surface area contributed by atoms with Gasteiger partial charge in [0.15, 0.2) is 0 Å². The van der Waals surface area contributed by atoms with Crippen LogP contribution in [0.4, 0.5) is 10.1 Å². The van der Waals surface area contributed by atoms with Gasteiger partial charge in [-0.15, -0.1) is 0 Å². The van der Waals surface area contributed by atoms with Gasteiger partial charge in [-0.2, -0.15) is 4.39 Å². The number of hydrogen-bond acceptors (Lipinski definition) is 3. The Balaban J connectivity index is 2.65. The Morgan fingerprint density at radius 1 is 1.37 bits per heavy atom. The van der Waals surface area contributed by atoms with Crippen LogP contribution >= 0.6 is 0 Å². The highest BCUT2D eigenvalue weighted by Crippen LogP contribution is 2.30. The predicted octanol–water partition coefficient (Wildman–Crippen LogP) is 3.08. The van der Waals surface area contributed by atoms with Crippen molar-refractivity contribution in [2.24, 2.45) is 0 Å². The second-order valence-corrected chi connectivity index (χ2v) is 5.01. The Kier molecular flexibility index (Phi) is 2.88. The second-order valence-electron chi connectivity index (χ2n) is 5.01. The lowest BCUT2D eigenvalue weighted by Gasteiger charge is -2.19. The molecule has 0 amide bonds. The summed E-state index contributed by atoms with van der Waals surface area (Å²) in [7, 11) is 0. The van der Waals surface area contributed by atoms with Gasteiger partial charge in [-0.05, 0) is 26.8 Å². The van der Waals surface area contributed by atoms with Crippen molar-refractivity contribution in [1.82, 2.24) is 4.98 Å². The molecule has 0 radical (unpaired) electrons. The molecule has 1 N–H and O–H groups in total. The number of hydrogen-bond donors (Lipinski definition) is 1. The first-order valence-electron chi connectivity index (χ1n) is 5.71. The molecule has 0 aliphatic carbocycles. The molecule has 0 fully saturated rings. The number of nitro benzene ring substituents is 1. The van der Waals surface area contributed by atoms with Crippen molar-refractivity contribution in [3.8, 4) is 0 Å². The van der Waals surface area contributed by atoms with Crippen LogP contribution in [-0.4, -0.2) is 15.7 Å². The number of carbonyl (C=O) groups excluding carboxylic acids is 1. The van der Waals surface area contributed by atoms with E-state index in [0.717, 1.165) is 6.07 Å². The van der Waals surface area contributed by atoms with E-state index in [-0.39, 0.29) is 5.78 Å². The molecule has 1 aromatic carbocycles. The highest BCUT2D eigenvalue weighted by molar-refractivity contribution is 5.90. The zero-order chi connectivity index (χ0) is 14.4. The van der Waals surface area contributed by atoms with Gasteiger partial charge < -0.3 is 4.98 Å². The molecule has 100 valence electrons. The maximum absolute atomic E-state index is 13.5. The van der Waals surface area contributed by atoms with Gasteiger partial charge in [-0.3, -0.25) is 14.9 Å². The molecule has 0 atom stereocenters. The molecule has 2 rings (SSSR count). The first-order chi connectivity index (χ1) is 8.73. The van der Waals surface area contributed by atoms with E-state index in [1.807, 2.05) is 0 Å². The van der Waals surface area contributed by atoms with Crippen LogP contribution in [0.2, 0.25) is 0 Å². The smallest absolute Gasteiger partial charge is 0.305 e. The number of ketones is 1. The van der Waals surface area contributed by atoms with Gasteiger partial charge in [-0.1, -0.05) is 0 Å². The number of rotatable bonds is 3. The monoisotopic (exact) mass is 264 g/mol. The zero-order valence-electron chi connectivity index (χ0n) is 10.8. The molecule has 1 aromatic heterocycles. The molecule has 0 aliphatic heterocycles. The van der Waals surface area contributed by atoms with Crippen molar-refractivity contribution in [2.75, 3.05) is 0 Å². The number of halogens is 1. The highest BCUT2D eigenvalue weighted by Gasteiger charge is 2.28. The number of H-pyrrole nitrogens is 1. The van der Waals surface area contributed by atoms with E-state index in [2.05, 4.69) is 4.98 Å². The Labute approximate surface area is 108 Å². The summed E-state index contributed by atoms with van der Waals surface area (Å²) in [6, 6.07) is 3.89. The van der Waals surface area contributed by atoms with Crippen LogP contribution in [0.15, 0.2) is 18.2 Å². The quantitative estimate of drug-likeness (QED) is 0.683. The second kappa shape index (κ2) is 4.15. The Bertz CT molecular complexity index is 688. The number of aromatic nitrogens is 1. The molecule has 0 unspecified atom stereocenters. The summed E-state index contributed by atoms with van der Waals surface area (Å²) in [5.41, 5.74) is -0.273. The lowest BCUT2D eigenvalue weighted by atomic mass is 9.85. The fourth-order valence-electron chi connectivity index (χ4n) is 1.81. The predicted molar refractivity (Wildman–Crippen MR) is 68.6 cm³/mol. The molecular formula is C13H13FN2O3. The summed E-state index contributed by atoms with van der Waals surface area (Å²) in [5.74, 6) is -0.944. The summed E-state index contributed by atoms with van der Waals surface area (Å²) < 4.78 is 13.5. The van der Waals surface area contributed by atoms with Crippen molar-refractivity contribution >= 4 is 22.4 Å². The maximum atomic E-state index is 13.5. The first-order valence-corrected chi connectivity index (χ1v) is 5.71. The fraction of sp³-hybridized carbons (Fsp3) is 0.308. The number of nitrogens with zero attached hydrogens (tertiary/aromatic N) is 1. The average molecular weight is 264 g/mol. The summed E-state index contributed by atoms with van der Waals surface area (Å²) in [4.78, 5) is 24.4. The Morgan fingerprint density at radius 3 is 2.53 bits per heavy atom. The van der Waals surface area contributed by atoms with Crippen LogP contribution in [0.1, 0.15) is 26.5 Å². The van der Waals surface area contributed by atoms with Gasteiger partial charge in [0.2, 0.25) is 5.82 Å². The third-order valence-corrected chi connectivity index (χ3v) is 3.44. The van der Waals surface area contributed by atoms with Crippen LogP contribution in [0, 0.1) is 15.9 Å². The van der Waals surface area contributed by atoms with E-state index in [1.165, 1.54) is 13.0 Å². The average Bonchev–Trinajstić information content (AvgIpc) is 2.70. The van der Waals surface area contributed by atoms with Gasteiger partial charge in [0.05, 0.1) is 10.3 Å². The molecular weight excluding hydrogens is 251 g/mol. The topological polar surface area (TPSA) is 76.0 Å². The largest absolute Gasteiger partial charge is 0.357 e. The molecule has 5 nitrogen and oxygen atoms in total. The van der Waals surface area contributed by atoms with Crippen molar-refractivity contribution in [2.45, 2.75) is 26.2 Å². The van der Waals surface area contributed by atoms with Crippen LogP contribution in [0.3, 0.4) is 0 Å². The first kappa shape index (κ1) is 13.2. The Hall–Kier alpha value is -2.24. The minimum atomic E-state index is -0.897. The third kappa shape index (κ3) is 2.09. The van der Waals surface area contributed by atoms with Gasteiger partial charge >= 0.3 is 5.69 Å². The molecule has 0 spiro atoms. The number of Topliss-reactive ketones (excluding diaryl/α,β-unsaturated/α-hetero) is 1. The minimum absolute atomic E-state index is 0.0472. The molecule has 0 saturated carbocycles. The summed E-state index contributed by atoms with van der Waals surface area (Å²) in [5, 5.41) is 11.2. The summed E-state index contributed by atoms with van der Waals surface area (Å²) in [6.07, 6.45) is 0. The standard InChI is InChI=1S/C13H13FN2O3/c1-7(17)13(2,3)12-5-8-4-11(16(18)19)9(14)6-10(8)15-12/h4-6,15H,1-3H3. The van der Waals surface area contributed by atoms with Crippen molar-refractivity contribution in [1.29, 1.82) is 0 Å². The molecule has 1 heterocycles. The van der Waals surface area contributed by atoms with E-state index < -0.39 is 21.8 Å². The SMILES string of the molecule is CC(=O)C(C)(C)c1cc2cc([N+](=O)[O-])c(F)cc2[nH]1. The number of carbonyl (C=O) groups is 1. The number of nitrogens with one attached hydrogen (secondary N) is 1. The van der Waals surface area contributed by atoms with Gasteiger partial charge in [0, 0.05) is 28.7 Å². The van der Waals surface area contributed by atoms with E-state index in [0.29, 0.717) is 16.6 Å². The van der Waals surface area contributed by atoms with Crippen molar-refractivity contribution in [3.63, 3.8) is 0 Å². The molecule has 0 bridgehead atoms. The van der Waals surface area contributed by atoms with Gasteiger partial charge in [0.1, 0.15) is 5.78 Å². The number of benzene rings is 1. The lowest BCUT2D eigenvalue weighted by Crippen LogP contribution is -2.26. The van der Waals surface area contributed by atoms with Crippen LogP contribution in [0.5, 0.6) is 0 Å². The van der Waals surface area contributed by atoms with Gasteiger partial charge in [0.25, 0.3) is 0 Å².